The van der Waals surface area contributed by atoms with Gasteiger partial charge in [0.15, 0.2) is 11.6 Å². The molecule has 1 aromatic carbocycles. The van der Waals surface area contributed by atoms with E-state index in [2.05, 4.69) is 15.0 Å². The van der Waals surface area contributed by atoms with Crippen LogP contribution in [0, 0.1) is 5.82 Å². The largest absolute Gasteiger partial charge is 0.497 e. The Morgan fingerprint density at radius 2 is 1.73 bits per heavy atom. The van der Waals surface area contributed by atoms with E-state index in [9.17, 15) is 8.42 Å². The van der Waals surface area contributed by atoms with Crippen molar-refractivity contribution in [2.45, 2.75) is 5.16 Å². The molecule has 4 rings (SSSR count). The van der Waals surface area contributed by atoms with Crippen LogP contribution in [0.5, 0.6) is 5.75 Å². The molecule has 0 saturated carbocycles. The predicted octanol–water partition coefficient (Wildman–Crippen LogP) is 1.54. The maximum absolute atomic E-state index is 15.2. The summed E-state index contributed by atoms with van der Waals surface area (Å²) in [6.45, 7) is 1.02. The van der Waals surface area contributed by atoms with Crippen molar-refractivity contribution >= 4 is 15.8 Å². The number of ether oxygens (including phenoxy) is 1. The maximum atomic E-state index is 15.2. The van der Waals surface area contributed by atoms with Gasteiger partial charge in [-0.05, 0) is 24.3 Å². The lowest BCUT2D eigenvalue weighted by molar-refractivity contribution is 0.376. The van der Waals surface area contributed by atoms with Gasteiger partial charge in [0.2, 0.25) is 5.16 Å². The summed E-state index contributed by atoms with van der Waals surface area (Å²) in [5, 5.41) is -0.00837. The average molecular weight is 432 g/mol. The van der Waals surface area contributed by atoms with Gasteiger partial charge in [0.05, 0.1) is 7.11 Å². The number of hydrogen-bond acceptors (Lipinski definition) is 7. The van der Waals surface area contributed by atoms with Crippen LogP contribution in [-0.4, -0.2) is 65.5 Å². The number of sulfonamides is 1. The number of imidazole rings is 1. The van der Waals surface area contributed by atoms with Gasteiger partial charge in [-0.25, -0.2) is 27.8 Å². The van der Waals surface area contributed by atoms with E-state index in [0.29, 0.717) is 24.4 Å². The molecule has 3 heterocycles. The van der Waals surface area contributed by atoms with Crippen molar-refractivity contribution < 1.29 is 17.5 Å². The minimum atomic E-state index is -3.70. The van der Waals surface area contributed by atoms with E-state index in [-0.39, 0.29) is 29.8 Å². The van der Waals surface area contributed by atoms with Crippen LogP contribution >= 0.6 is 0 Å². The molecule has 2 aromatic heterocycles. The summed E-state index contributed by atoms with van der Waals surface area (Å²) in [5.74, 6) is 0.284. The highest BCUT2D eigenvalue weighted by Gasteiger charge is 2.32. The summed E-state index contributed by atoms with van der Waals surface area (Å²) in [6, 6.07) is 6.92. The summed E-state index contributed by atoms with van der Waals surface area (Å²) in [4.78, 5) is 13.9. The molecule has 3 aromatic rings. The Hall–Kier alpha value is -3.05. The van der Waals surface area contributed by atoms with Crippen LogP contribution in [0.15, 0.2) is 48.1 Å². The number of aromatic nitrogens is 4. The lowest BCUT2D eigenvalue weighted by Gasteiger charge is -2.34. The molecule has 158 valence electrons. The molecule has 1 saturated heterocycles. The van der Waals surface area contributed by atoms with Crippen LogP contribution in [0.3, 0.4) is 0 Å². The Bertz CT molecular complexity index is 1140. The second-order valence-corrected chi connectivity index (χ2v) is 8.63. The monoisotopic (exact) mass is 432 g/mol. The predicted molar refractivity (Wildman–Crippen MR) is 108 cm³/mol. The fourth-order valence-corrected chi connectivity index (χ4v) is 4.88. The fourth-order valence-electron chi connectivity index (χ4n) is 3.39. The Kier molecular flexibility index (Phi) is 5.39. The van der Waals surface area contributed by atoms with Crippen LogP contribution < -0.4 is 9.64 Å². The number of aryl methyl sites for hydroxylation is 1. The SMILES string of the molecule is COc1ccc(-c2ncnc(N3CCN(S(=O)(=O)c4nccn4C)CC3)c2F)cc1. The van der Waals surface area contributed by atoms with E-state index in [1.54, 1.807) is 49.5 Å². The molecule has 0 N–H and O–H groups in total. The summed E-state index contributed by atoms with van der Waals surface area (Å²) in [7, 11) is -0.509. The minimum Gasteiger partial charge on any atom is -0.497 e. The van der Waals surface area contributed by atoms with Crippen LogP contribution in [-0.2, 0) is 17.1 Å². The number of piperazine rings is 1. The van der Waals surface area contributed by atoms with Gasteiger partial charge in [-0.1, -0.05) is 0 Å². The smallest absolute Gasteiger partial charge is 0.277 e. The first-order chi connectivity index (χ1) is 14.4. The number of nitrogens with zero attached hydrogens (tertiary/aromatic N) is 6. The number of hydrogen-bond donors (Lipinski definition) is 0. The zero-order valence-corrected chi connectivity index (χ0v) is 17.4. The van der Waals surface area contributed by atoms with E-state index >= 15 is 4.39 Å². The number of benzene rings is 1. The first-order valence-corrected chi connectivity index (χ1v) is 10.7. The van der Waals surface area contributed by atoms with Crippen LogP contribution in [0.2, 0.25) is 0 Å². The molecule has 1 aliphatic rings. The van der Waals surface area contributed by atoms with Crippen molar-refractivity contribution in [3.63, 3.8) is 0 Å². The molecular weight excluding hydrogens is 411 g/mol. The molecular formula is C19H21FN6O3S. The molecule has 0 amide bonds. The molecule has 1 aliphatic heterocycles. The first-order valence-electron chi connectivity index (χ1n) is 9.29. The Balaban J connectivity index is 1.53. The summed E-state index contributed by atoms with van der Waals surface area (Å²) in [5.41, 5.74) is 0.790. The number of methoxy groups -OCH3 is 1. The fraction of sp³-hybridized carbons (Fsp3) is 0.316. The van der Waals surface area contributed by atoms with E-state index in [4.69, 9.17) is 4.74 Å². The van der Waals surface area contributed by atoms with Crippen molar-refractivity contribution in [2.24, 2.45) is 7.05 Å². The van der Waals surface area contributed by atoms with Gasteiger partial charge in [-0.15, -0.1) is 0 Å². The van der Waals surface area contributed by atoms with Gasteiger partial charge in [0.25, 0.3) is 10.0 Å². The minimum absolute atomic E-state index is 0.00837. The van der Waals surface area contributed by atoms with Crippen molar-refractivity contribution in [2.75, 3.05) is 38.2 Å². The summed E-state index contributed by atoms with van der Waals surface area (Å²) >= 11 is 0. The number of rotatable bonds is 5. The summed E-state index contributed by atoms with van der Waals surface area (Å²) < 4.78 is 48.7. The van der Waals surface area contributed by atoms with Gasteiger partial charge < -0.3 is 14.2 Å². The highest BCUT2D eigenvalue weighted by Crippen LogP contribution is 2.28. The van der Waals surface area contributed by atoms with Crippen molar-refractivity contribution in [3.8, 4) is 17.0 Å². The van der Waals surface area contributed by atoms with E-state index in [0.717, 1.165) is 0 Å². The van der Waals surface area contributed by atoms with Gasteiger partial charge in [0.1, 0.15) is 17.8 Å². The Morgan fingerprint density at radius 1 is 1.03 bits per heavy atom. The number of anilines is 1. The molecule has 30 heavy (non-hydrogen) atoms. The lowest BCUT2D eigenvalue weighted by atomic mass is 10.1. The molecule has 0 bridgehead atoms. The second-order valence-electron chi connectivity index (χ2n) is 6.80. The third-order valence-electron chi connectivity index (χ3n) is 5.02. The molecule has 0 atom stereocenters. The molecule has 11 heteroatoms. The summed E-state index contributed by atoms with van der Waals surface area (Å²) in [6.07, 6.45) is 4.34. The topological polar surface area (TPSA) is 93.5 Å². The average Bonchev–Trinajstić information content (AvgIpc) is 3.21. The third-order valence-corrected chi connectivity index (χ3v) is 6.92. The van der Waals surface area contributed by atoms with Gasteiger partial charge in [0, 0.05) is 51.2 Å². The van der Waals surface area contributed by atoms with Crippen molar-refractivity contribution in [1.82, 2.24) is 23.8 Å². The van der Waals surface area contributed by atoms with Gasteiger partial charge in [-0.3, -0.25) is 0 Å². The lowest BCUT2D eigenvalue weighted by Crippen LogP contribution is -2.49. The molecule has 0 spiro atoms. The molecule has 0 unspecified atom stereocenters. The molecule has 1 fully saturated rings. The normalized spacial score (nSPS) is 15.4. The molecule has 0 aliphatic carbocycles. The second kappa shape index (κ2) is 8.00. The third kappa shape index (κ3) is 3.61. The maximum Gasteiger partial charge on any atom is 0.277 e. The molecule has 0 radical (unpaired) electrons. The van der Waals surface area contributed by atoms with Gasteiger partial charge >= 0.3 is 0 Å². The van der Waals surface area contributed by atoms with Crippen LogP contribution in [0.25, 0.3) is 11.3 Å². The van der Waals surface area contributed by atoms with Crippen LogP contribution in [0.1, 0.15) is 0 Å². The van der Waals surface area contributed by atoms with Crippen LogP contribution in [0.4, 0.5) is 10.2 Å². The Morgan fingerprint density at radius 3 is 2.33 bits per heavy atom. The van der Waals surface area contributed by atoms with E-state index in [1.165, 1.54) is 21.4 Å². The first kappa shape index (κ1) is 20.2. The standard InChI is InChI=1S/C19H21FN6O3S/c1-24-8-7-21-19(24)30(27,28)26-11-9-25(10-12-26)18-16(20)17(22-13-23-18)14-3-5-15(29-2)6-4-14/h3-8,13H,9-12H2,1-2H3. The highest BCUT2D eigenvalue weighted by molar-refractivity contribution is 7.89. The van der Waals surface area contributed by atoms with Crippen molar-refractivity contribution in [1.29, 1.82) is 0 Å². The van der Waals surface area contributed by atoms with E-state index in [1.807, 2.05) is 0 Å². The Labute approximate surface area is 173 Å². The highest BCUT2D eigenvalue weighted by atomic mass is 32.2. The molecule has 9 nitrogen and oxygen atoms in total. The number of halogens is 1. The van der Waals surface area contributed by atoms with Crippen molar-refractivity contribution in [3.05, 3.63) is 48.8 Å². The van der Waals surface area contributed by atoms with E-state index < -0.39 is 15.8 Å². The van der Waals surface area contributed by atoms with Gasteiger partial charge in [-0.2, -0.15) is 4.31 Å². The zero-order chi connectivity index (χ0) is 21.3. The quantitative estimate of drug-likeness (QED) is 0.604. The zero-order valence-electron chi connectivity index (χ0n) is 16.6.